The number of aliphatic hydroxyl groups is 3. The maximum atomic E-state index is 12.8. The number of ether oxygens (including phenoxy) is 1. The number of nitrogens with zero attached hydrogens (tertiary/aromatic N) is 1. The van der Waals surface area contributed by atoms with Gasteiger partial charge in [-0.3, -0.25) is 4.79 Å². The topological polar surface area (TPSA) is 128 Å². The molecule has 0 unspecified atom stereocenters. The van der Waals surface area contributed by atoms with Crippen LogP contribution in [0.3, 0.4) is 0 Å². The molecule has 39 heavy (non-hydrogen) atoms. The quantitative estimate of drug-likeness (QED) is 0.236. The standard InChI is InChI=1S/C30H37BrN2O6/c1-27-10-7-23-24(30(27,38)13-9-22(27)19-14-25(35)39-16-19)8-12-29(37)15-21(34)6-11-28(23,29)17-32-33-26(36)18-2-4-20(31)5-3-18/h2-5,14,17,21-24,34,37-38H,6-13,15-16H2,1H3,(H,33,36)/b32-17-/t21-,22-,23+,24-,27-,28+,29+,30+/m1/s1. The molecule has 1 amide bonds. The molecule has 210 valence electrons. The van der Waals surface area contributed by atoms with E-state index in [-0.39, 0.29) is 36.1 Å². The lowest BCUT2D eigenvalue weighted by Gasteiger charge is -2.65. The van der Waals surface area contributed by atoms with E-state index >= 15 is 0 Å². The molecule has 0 radical (unpaired) electrons. The molecule has 1 heterocycles. The zero-order chi connectivity index (χ0) is 27.6. The smallest absolute Gasteiger partial charge is 0.331 e. The van der Waals surface area contributed by atoms with Gasteiger partial charge >= 0.3 is 5.97 Å². The summed E-state index contributed by atoms with van der Waals surface area (Å²) in [6.07, 6.45) is 8.14. The Morgan fingerprint density at radius 1 is 1.08 bits per heavy atom. The minimum absolute atomic E-state index is 0.0515. The van der Waals surface area contributed by atoms with Crippen LogP contribution in [0.15, 0.2) is 45.5 Å². The molecule has 0 saturated heterocycles. The van der Waals surface area contributed by atoms with Crippen LogP contribution in [-0.4, -0.2) is 57.3 Å². The molecule has 5 aliphatic rings. The van der Waals surface area contributed by atoms with Crippen LogP contribution < -0.4 is 5.43 Å². The minimum Gasteiger partial charge on any atom is -0.458 e. The highest BCUT2D eigenvalue weighted by molar-refractivity contribution is 9.10. The number of amides is 1. The van der Waals surface area contributed by atoms with Crippen LogP contribution in [0.4, 0.5) is 0 Å². The highest BCUT2D eigenvalue weighted by Crippen LogP contribution is 2.70. The van der Waals surface area contributed by atoms with E-state index in [9.17, 15) is 24.9 Å². The lowest BCUT2D eigenvalue weighted by atomic mass is 9.41. The summed E-state index contributed by atoms with van der Waals surface area (Å²) in [6, 6.07) is 7.01. The van der Waals surface area contributed by atoms with E-state index in [1.807, 2.05) is 0 Å². The molecule has 8 atom stereocenters. The van der Waals surface area contributed by atoms with Gasteiger partial charge in [-0.25, -0.2) is 10.2 Å². The molecule has 9 heteroatoms. The van der Waals surface area contributed by atoms with E-state index in [1.165, 1.54) is 0 Å². The van der Waals surface area contributed by atoms with Gasteiger partial charge in [0, 0.05) is 39.6 Å². The van der Waals surface area contributed by atoms with E-state index in [2.05, 4.69) is 33.4 Å². The maximum absolute atomic E-state index is 12.8. The lowest BCUT2D eigenvalue weighted by molar-refractivity contribution is -0.237. The third-order valence-corrected chi connectivity index (χ3v) is 11.7. The number of benzene rings is 1. The molecule has 0 spiro atoms. The molecule has 1 aromatic rings. The number of carbonyl (C=O) groups excluding carboxylic acids is 2. The number of nitrogens with one attached hydrogen (secondary N) is 1. The van der Waals surface area contributed by atoms with E-state index in [1.54, 1.807) is 36.6 Å². The van der Waals surface area contributed by atoms with Crippen molar-refractivity contribution in [1.29, 1.82) is 0 Å². The predicted octanol–water partition coefficient (Wildman–Crippen LogP) is 3.88. The summed E-state index contributed by atoms with van der Waals surface area (Å²) in [7, 11) is 0. The minimum atomic E-state index is -1.17. The average Bonchev–Trinajstić information content (AvgIpc) is 3.44. The summed E-state index contributed by atoms with van der Waals surface area (Å²) < 4.78 is 6.10. The number of rotatable bonds is 4. The van der Waals surface area contributed by atoms with E-state index in [0.29, 0.717) is 44.3 Å². The van der Waals surface area contributed by atoms with Crippen LogP contribution in [0.25, 0.3) is 0 Å². The molecule has 1 aliphatic heterocycles. The second-order valence-electron chi connectivity index (χ2n) is 12.7. The first kappa shape index (κ1) is 27.1. The molecule has 4 saturated carbocycles. The van der Waals surface area contributed by atoms with Gasteiger partial charge in [0.05, 0.1) is 17.3 Å². The largest absolute Gasteiger partial charge is 0.458 e. The summed E-state index contributed by atoms with van der Waals surface area (Å²) in [5, 5.41) is 39.6. The van der Waals surface area contributed by atoms with Crippen molar-refractivity contribution in [2.45, 2.75) is 82.0 Å². The monoisotopic (exact) mass is 600 g/mol. The fraction of sp³-hybridized carbons (Fsp3) is 0.633. The number of esters is 1. The number of aliphatic hydroxyl groups excluding tert-OH is 1. The van der Waals surface area contributed by atoms with Gasteiger partial charge in [-0.1, -0.05) is 22.9 Å². The maximum Gasteiger partial charge on any atom is 0.331 e. The van der Waals surface area contributed by atoms with Crippen LogP contribution in [0.5, 0.6) is 0 Å². The summed E-state index contributed by atoms with van der Waals surface area (Å²) >= 11 is 3.38. The molecule has 0 aromatic heterocycles. The molecule has 8 nitrogen and oxygen atoms in total. The van der Waals surface area contributed by atoms with Crippen LogP contribution in [0, 0.1) is 28.6 Å². The van der Waals surface area contributed by atoms with Crippen LogP contribution in [-0.2, 0) is 9.53 Å². The highest BCUT2D eigenvalue weighted by Gasteiger charge is 2.71. The summed E-state index contributed by atoms with van der Waals surface area (Å²) in [5.41, 5.74) is 0.820. The normalized spacial score (nSPS) is 43.3. The Bertz CT molecular complexity index is 1230. The Hall–Kier alpha value is -2.07. The zero-order valence-electron chi connectivity index (χ0n) is 22.2. The summed E-state index contributed by atoms with van der Waals surface area (Å²) in [5.74, 6) is -0.675. The molecular formula is C30H37BrN2O6. The fourth-order valence-electron chi connectivity index (χ4n) is 9.23. The second-order valence-corrected chi connectivity index (χ2v) is 13.6. The molecular weight excluding hydrogens is 564 g/mol. The fourth-order valence-corrected chi connectivity index (χ4v) is 9.50. The second kappa shape index (κ2) is 9.50. The number of halogens is 1. The van der Waals surface area contributed by atoms with Gasteiger partial charge in [0.25, 0.3) is 5.91 Å². The molecule has 4 aliphatic carbocycles. The van der Waals surface area contributed by atoms with Gasteiger partial charge in [-0.05, 0) is 99.0 Å². The van der Waals surface area contributed by atoms with Gasteiger partial charge in [-0.2, -0.15) is 5.10 Å². The van der Waals surface area contributed by atoms with Crippen LogP contribution in [0.2, 0.25) is 0 Å². The van der Waals surface area contributed by atoms with Crippen molar-refractivity contribution in [2.24, 2.45) is 33.7 Å². The van der Waals surface area contributed by atoms with Gasteiger partial charge in [0.15, 0.2) is 0 Å². The van der Waals surface area contributed by atoms with Crippen molar-refractivity contribution in [1.82, 2.24) is 5.43 Å². The van der Waals surface area contributed by atoms with Crippen molar-refractivity contribution in [3.8, 4) is 0 Å². The Labute approximate surface area is 237 Å². The average molecular weight is 602 g/mol. The number of fused-ring (bicyclic) bond motifs is 5. The number of carbonyl (C=O) groups is 2. The van der Waals surface area contributed by atoms with Gasteiger partial charge < -0.3 is 20.1 Å². The summed E-state index contributed by atoms with van der Waals surface area (Å²) in [4.78, 5) is 24.6. The zero-order valence-corrected chi connectivity index (χ0v) is 23.8. The predicted molar refractivity (Wildman–Crippen MR) is 148 cm³/mol. The highest BCUT2D eigenvalue weighted by atomic mass is 79.9. The first-order valence-electron chi connectivity index (χ1n) is 14.1. The van der Waals surface area contributed by atoms with Gasteiger partial charge in [-0.15, -0.1) is 0 Å². The molecule has 4 fully saturated rings. The van der Waals surface area contributed by atoms with Crippen molar-refractivity contribution < 1.29 is 29.6 Å². The third kappa shape index (κ3) is 4.06. The van der Waals surface area contributed by atoms with Crippen LogP contribution >= 0.6 is 15.9 Å². The summed E-state index contributed by atoms with van der Waals surface area (Å²) in [6.45, 7) is 2.46. The van der Waals surface area contributed by atoms with Crippen molar-refractivity contribution in [3.05, 3.63) is 46.0 Å². The Morgan fingerprint density at radius 2 is 1.82 bits per heavy atom. The SMILES string of the molecule is C[C@]12CC[C@H]3[C@@H](CC[C@]4(O)C[C@H](O)CC[C@]34/C=N\NC(=O)c3ccc(Br)cc3)[C@@]1(O)CC[C@@H]2C1=CC(=O)OC1. The molecule has 4 N–H and O–H groups in total. The Kier molecular flexibility index (Phi) is 6.61. The molecule has 1 aromatic carbocycles. The van der Waals surface area contributed by atoms with Gasteiger partial charge in [0.2, 0.25) is 0 Å². The van der Waals surface area contributed by atoms with Gasteiger partial charge in [0.1, 0.15) is 6.61 Å². The van der Waals surface area contributed by atoms with E-state index in [4.69, 9.17) is 4.74 Å². The number of hydrazone groups is 1. The Balaban J connectivity index is 1.32. The molecule has 6 rings (SSSR count). The number of hydrogen-bond donors (Lipinski definition) is 4. The Morgan fingerprint density at radius 3 is 2.54 bits per heavy atom. The first-order chi connectivity index (χ1) is 18.5. The number of cyclic esters (lactones) is 1. The van der Waals surface area contributed by atoms with Crippen molar-refractivity contribution in [2.75, 3.05) is 6.61 Å². The van der Waals surface area contributed by atoms with Crippen molar-refractivity contribution >= 4 is 34.0 Å². The van der Waals surface area contributed by atoms with Crippen molar-refractivity contribution in [3.63, 3.8) is 0 Å². The first-order valence-corrected chi connectivity index (χ1v) is 14.9. The molecule has 0 bridgehead atoms. The number of hydrogen-bond acceptors (Lipinski definition) is 7. The van der Waals surface area contributed by atoms with Crippen LogP contribution in [0.1, 0.15) is 75.1 Å². The van der Waals surface area contributed by atoms with E-state index < -0.39 is 28.1 Å². The third-order valence-electron chi connectivity index (χ3n) is 11.2. The lowest BCUT2D eigenvalue weighted by Crippen LogP contribution is -2.68. The van der Waals surface area contributed by atoms with E-state index in [0.717, 1.165) is 29.3 Å².